The van der Waals surface area contributed by atoms with Gasteiger partial charge in [-0.1, -0.05) is 36.8 Å². The van der Waals surface area contributed by atoms with E-state index < -0.39 is 6.10 Å². The Morgan fingerprint density at radius 1 is 1.39 bits per heavy atom. The Morgan fingerprint density at radius 3 is 2.83 bits per heavy atom. The first kappa shape index (κ1) is 13.1. The normalized spacial score (nSPS) is 13.2. The van der Waals surface area contributed by atoms with Gasteiger partial charge in [0, 0.05) is 0 Å². The van der Waals surface area contributed by atoms with Crippen LogP contribution in [0.25, 0.3) is 10.8 Å². The molecule has 0 saturated heterocycles. The summed E-state index contributed by atoms with van der Waals surface area (Å²) in [7, 11) is 0. The van der Waals surface area contributed by atoms with Gasteiger partial charge in [-0.2, -0.15) is 4.98 Å². The van der Waals surface area contributed by atoms with Crippen molar-refractivity contribution in [3.63, 3.8) is 0 Å². The van der Waals surface area contributed by atoms with Crippen molar-refractivity contribution in [2.75, 3.05) is 0 Å². The van der Waals surface area contributed by atoms with E-state index in [1.165, 1.54) is 11.5 Å². The standard InChI is InChI=1S/C11H16N4O2S/c1-4-5-7(16)10-12-11(17-14-10)9-8(6(2)3)13-15-18-9/h6-7,16H,4-5H2,1-3H3. The summed E-state index contributed by atoms with van der Waals surface area (Å²) < 4.78 is 9.09. The Morgan fingerprint density at radius 2 is 2.17 bits per heavy atom. The number of rotatable bonds is 5. The fraction of sp³-hybridized carbons (Fsp3) is 0.636. The van der Waals surface area contributed by atoms with E-state index in [0.717, 1.165) is 17.0 Å². The van der Waals surface area contributed by atoms with Gasteiger partial charge in [-0.3, -0.25) is 0 Å². The summed E-state index contributed by atoms with van der Waals surface area (Å²) in [6.07, 6.45) is 0.817. The number of nitrogens with zero attached hydrogens (tertiary/aromatic N) is 4. The van der Waals surface area contributed by atoms with Gasteiger partial charge >= 0.3 is 0 Å². The first-order chi connectivity index (χ1) is 8.63. The van der Waals surface area contributed by atoms with Gasteiger partial charge in [-0.05, 0) is 23.9 Å². The Labute approximate surface area is 109 Å². The van der Waals surface area contributed by atoms with Crippen molar-refractivity contribution in [2.45, 2.75) is 45.6 Å². The summed E-state index contributed by atoms with van der Waals surface area (Å²) in [4.78, 5) is 5.00. The van der Waals surface area contributed by atoms with Crippen molar-refractivity contribution in [1.82, 2.24) is 19.7 Å². The van der Waals surface area contributed by atoms with Crippen LogP contribution in [-0.4, -0.2) is 24.8 Å². The molecule has 0 aliphatic rings. The molecule has 1 unspecified atom stereocenters. The second-order valence-corrected chi connectivity index (χ2v) is 5.16. The zero-order chi connectivity index (χ0) is 13.1. The number of aromatic nitrogens is 4. The molecule has 0 saturated carbocycles. The molecule has 0 radical (unpaired) electrons. The molecule has 0 aromatic carbocycles. The lowest BCUT2D eigenvalue weighted by Crippen LogP contribution is -1.99. The van der Waals surface area contributed by atoms with Crippen LogP contribution in [-0.2, 0) is 0 Å². The van der Waals surface area contributed by atoms with Crippen LogP contribution in [0.2, 0.25) is 0 Å². The highest BCUT2D eigenvalue weighted by Crippen LogP contribution is 2.30. The first-order valence-electron chi connectivity index (χ1n) is 5.97. The fourth-order valence-electron chi connectivity index (χ4n) is 1.59. The molecule has 0 spiro atoms. The minimum absolute atomic E-state index is 0.245. The molecule has 0 aliphatic heterocycles. The van der Waals surface area contributed by atoms with Crippen molar-refractivity contribution in [3.05, 3.63) is 11.5 Å². The van der Waals surface area contributed by atoms with Gasteiger partial charge in [0.25, 0.3) is 5.89 Å². The summed E-state index contributed by atoms with van der Waals surface area (Å²) in [5, 5.41) is 17.7. The van der Waals surface area contributed by atoms with Crippen molar-refractivity contribution in [3.8, 4) is 10.8 Å². The second-order valence-electron chi connectivity index (χ2n) is 4.40. The van der Waals surface area contributed by atoms with Crippen LogP contribution < -0.4 is 0 Å². The molecule has 98 valence electrons. The zero-order valence-electron chi connectivity index (χ0n) is 10.6. The van der Waals surface area contributed by atoms with Gasteiger partial charge in [0.15, 0.2) is 0 Å². The predicted molar refractivity (Wildman–Crippen MR) is 67.2 cm³/mol. The summed E-state index contributed by atoms with van der Waals surface area (Å²) in [6, 6.07) is 0. The Hall–Kier alpha value is -1.34. The van der Waals surface area contributed by atoms with E-state index in [1.54, 1.807) is 0 Å². The number of hydrogen-bond donors (Lipinski definition) is 1. The predicted octanol–water partition coefficient (Wildman–Crippen LogP) is 2.55. The topological polar surface area (TPSA) is 84.9 Å². The smallest absolute Gasteiger partial charge is 0.271 e. The molecule has 1 atom stereocenters. The molecule has 0 bridgehead atoms. The molecule has 0 fully saturated rings. The highest BCUT2D eigenvalue weighted by Gasteiger charge is 2.21. The largest absolute Gasteiger partial charge is 0.385 e. The summed E-state index contributed by atoms with van der Waals surface area (Å²) in [5.74, 6) is 0.962. The van der Waals surface area contributed by atoms with Gasteiger partial charge in [-0.25, -0.2) is 0 Å². The van der Waals surface area contributed by atoms with Crippen LogP contribution in [0.15, 0.2) is 4.52 Å². The maximum atomic E-state index is 9.80. The fourth-order valence-corrected chi connectivity index (χ4v) is 2.33. The van der Waals surface area contributed by atoms with Gasteiger partial charge < -0.3 is 9.63 Å². The van der Waals surface area contributed by atoms with Gasteiger partial charge in [-0.15, -0.1) is 5.10 Å². The number of aliphatic hydroxyl groups is 1. The minimum Gasteiger partial charge on any atom is -0.385 e. The van der Waals surface area contributed by atoms with Crippen LogP contribution in [0.5, 0.6) is 0 Å². The highest BCUT2D eigenvalue weighted by atomic mass is 32.1. The third kappa shape index (κ3) is 2.56. The molecule has 7 heteroatoms. The van der Waals surface area contributed by atoms with E-state index in [9.17, 15) is 5.11 Å². The van der Waals surface area contributed by atoms with Crippen LogP contribution in [0, 0.1) is 0 Å². The third-order valence-electron chi connectivity index (χ3n) is 2.56. The Bertz CT molecular complexity index is 509. The highest BCUT2D eigenvalue weighted by molar-refractivity contribution is 7.09. The molecule has 18 heavy (non-hydrogen) atoms. The molecular weight excluding hydrogens is 252 g/mol. The lowest BCUT2D eigenvalue weighted by Gasteiger charge is -2.01. The molecule has 2 rings (SSSR count). The lowest BCUT2D eigenvalue weighted by molar-refractivity contribution is 0.153. The number of aliphatic hydroxyl groups excluding tert-OH is 1. The van der Waals surface area contributed by atoms with Gasteiger partial charge in [0.1, 0.15) is 11.0 Å². The lowest BCUT2D eigenvalue weighted by atomic mass is 10.1. The van der Waals surface area contributed by atoms with E-state index in [0.29, 0.717) is 18.1 Å². The molecule has 0 amide bonds. The van der Waals surface area contributed by atoms with Crippen molar-refractivity contribution < 1.29 is 9.63 Å². The van der Waals surface area contributed by atoms with Crippen LogP contribution >= 0.6 is 11.5 Å². The van der Waals surface area contributed by atoms with Crippen molar-refractivity contribution in [1.29, 1.82) is 0 Å². The molecule has 0 aliphatic carbocycles. The Balaban J connectivity index is 2.26. The van der Waals surface area contributed by atoms with Gasteiger partial charge in [0.05, 0.1) is 5.69 Å². The monoisotopic (exact) mass is 268 g/mol. The van der Waals surface area contributed by atoms with Crippen LogP contribution in [0.3, 0.4) is 0 Å². The van der Waals surface area contributed by atoms with E-state index in [2.05, 4.69) is 19.7 Å². The van der Waals surface area contributed by atoms with Gasteiger partial charge in [0.2, 0.25) is 5.82 Å². The average molecular weight is 268 g/mol. The zero-order valence-corrected chi connectivity index (χ0v) is 11.4. The molecule has 1 N–H and O–H groups in total. The average Bonchev–Trinajstić information content (AvgIpc) is 2.98. The van der Waals surface area contributed by atoms with E-state index in [4.69, 9.17) is 4.52 Å². The van der Waals surface area contributed by atoms with E-state index >= 15 is 0 Å². The summed E-state index contributed by atoms with van der Waals surface area (Å²) in [5.41, 5.74) is 0.847. The Kier molecular flexibility index (Phi) is 4.03. The summed E-state index contributed by atoms with van der Waals surface area (Å²) in [6.45, 7) is 6.06. The van der Waals surface area contributed by atoms with E-state index in [-0.39, 0.29) is 5.92 Å². The molecule has 2 heterocycles. The molecular formula is C11H16N4O2S. The molecule has 6 nitrogen and oxygen atoms in total. The second kappa shape index (κ2) is 5.53. The maximum absolute atomic E-state index is 9.80. The maximum Gasteiger partial charge on any atom is 0.271 e. The molecule has 2 aromatic heterocycles. The van der Waals surface area contributed by atoms with Crippen molar-refractivity contribution >= 4 is 11.5 Å². The number of hydrogen-bond acceptors (Lipinski definition) is 7. The first-order valence-corrected chi connectivity index (χ1v) is 6.75. The van der Waals surface area contributed by atoms with Crippen molar-refractivity contribution in [2.24, 2.45) is 0 Å². The summed E-state index contributed by atoms with van der Waals surface area (Å²) >= 11 is 1.23. The minimum atomic E-state index is -0.670. The quantitative estimate of drug-likeness (QED) is 0.897. The van der Waals surface area contributed by atoms with Crippen LogP contribution in [0.1, 0.15) is 57.2 Å². The molecule has 2 aromatic rings. The van der Waals surface area contributed by atoms with E-state index in [1.807, 2.05) is 20.8 Å². The van der Waals surface area contributed by atoms with Crippen LogP contribution in [0.4, 0.5) is 0 Å². The third-order valence-corrected chi connectivity index (χ3v) is 3.29. The SMILES string of the molecule is CCCC(O)c1noc(-c2snnc2C(C)C)n1.